The van der Waals surface area contributed by atoms with Gasteiger partial charge in [0, 0.05) is 17.4 Å². The SMILES string of the molecule is CCSc1ccc(C(C)NC(=O)CCC(C)N)cc1.Cl. The van der Waals surface area contributed by atoms with E-state index in [1.165, 1.54) is 4.90 Å². The fraction of sp³-hybridized carbons (Fsp3) is 0.533. The molecule has 1 aromatic rings. The van der Waals surface area contributed by atoms with Crippen molar-refractivity contribution in [2.75, 3.05) is 5.75 Å². The molecular weight excluding hydrogens is 292 g/mol. The second kappa shape index (κ2) is 10.1. The molecule has 20 heavy (non-hydrogen) atoms. The Bertz CT molecular complexity index is 395. The summed E-state index contributed by atoms with van der Waals surface area (Å²) in [6.07, 6.45) is 1.22. The first-order valence-electron chi connectivity index (χ1n) is 6.80. The van der Waals surface area contributed by atoms with Gasteiger partial charge in [0.25, 0.3) is 0 Å². The van der Waals surface area contributed by atoms with Crippen molar-refractivity contribution in [2.45, 2.75) is 50.6 Å². The standard InChI is InChI=1S/C15H24N2OS.ClH/c1-4-19-14-8-6-13(7-9-14)12(3)17-15(18)10-5-11(2)16;/h6-9,11-12H,4-5,10,16H2,1-3H3,(H,17,18);1H. The molecule has 0 saturated heterocycles. The summed E-state index contributed by atoms with van der Waals surface area (Å²) in [6.45, 7) is 6.06. The molecule has 2 unspecified atom stereocenters. The van der Waals surface area contributed by atoms with Gasteiger partial charge < -0.3 is 11.1 Å². The quantitative estimate of drug-likeness (QED) is 0.757. The second-order valence-electron chi connectivity index (χ2n) is 4.81. The van der Waals surface area contributed by atoms with Crippen molar-refractivity contribution in [2.24, 2.45) is 5.73 Å². The first kappa shape index (κ1) is 19.3. The normalized spacial score (nSPS) is 13.2. The van der Waals surface area contributed by atoms with Gasteiger partial charge in [0.15, 0.2) is 0 Å². The van der Waals surface area contributed by atoms with Gasteiger partial charge in [-0.15, -0.1) is 24.2 Å². The number of nitrogens with one attached hydrogen (secondary N) is 1. The van der Waals surface area contributed by atoms with Gasteiger partial charge in [0.05, 0.1) is 6.04 Å². The topological polar surface area (TPSA) is 55.1 Å². The van der Waals surface area contributed by atoms with E-state index in [1.54, 1.807) is 0 Å². The van der Waals surface area contributed by atoms with Crippen LogP contribution in [0.2, 0.25) is 0 Å². The highest BCUT2D eigenvalue weighted by Crippen LogP contribution is 2.20. The van der Waals surface area contributed by atoms with Crippen molar-refractivity contribution < 1.29 is 4.79 Å². The number of nitrogens with two attached hydrogens (primary N) is 1. The average molecular weight is 317 g/mol. The van der Waals surface area contributed by atoms with E-state index in [0.29, 0.717) is 6.42 Å². The Kier molecular flexibility index (Phi) is 9.72. The highest BCUT2D eigenvalue weighted by atomic mass is 35.5. The lowest BCUT2D eigenvalue weighted by atomic mass is 10.1. The summed E-state index contributed by atoms with van der Waals surface area (Å²) in [5.74, 6) is 1.14. The fourth-order valence-electron chi connectivity index (χ4n) is 1.78. The van der Waals surface area contributed by atoms with Crippen LogP contribution in [0.4, 0.5) is 0 Å². The predicted octanol–water partition coefficient (Wildman–Crippen LogP) is 3.53. The van der Waals surface area contributed by atoms with E-state index in [-0.39, 0.29) is 30.4 Å². The van der Waals surface area contributed by atoms with Gasteiger partial charge in [-0.25, -0.2) is 0 Å². The zero-order chi connectivity index (χ0) is 14.3. The van der Waals surface area contributed by atoms with Gasteiger partial charge >= 0.3 is 0 Å². The number of halogens is 1. The lowest BCUT2D eigenvalue weighted by Gasteiger charge is -2.15. The molecule has 114 valence electrons. The molecule has 0 aliphatic heterocycles. The molecule has 0 bridgehead atoms. The van der Waals surface area contributed by atoms with Crippen molar-refractivity contribution >= 4 is 30.1 Å². The summed E-state index contributed by atoms with van der Waals surface area (Å²) < 4.78 is 0. The van der Waals surface area contributed by atoms with Crippen LogP contribution in [-0.2, 0) is 4.79 Å². The first-order chi connectivity index (χ1) is 9.02. The lowest BCUT2D eigenvalue weighted by molar-refractivity contribution is -0.121. The number of amides is 1. The van der Waals surface area contributed by atoms with Gasteiger partial charge in [-0.05, 0) is 43.7 Å². The minimum Gasteiger partial charge on any atom is -0.350 e. The monoisotopic (exact) mass is 316 g/mol. The second-order valence-corrected chi connectivity index (χ2v) is 6.14. The number of hydrogen-bond acceptors (Lipinski definition) is 3. The number of thioether (sulfide) groups is 1. The number of carbonyl (C=O) groups is 1. The van der Waals surface area contributed by atoms with E-state index in [1.807, 2.05) is 25.6 Å². The summed E-state index contributed by atoms with van der Waals surface area (Å²) in [6, 6.07) is 8.48. The maximum Gasteiger partial charge on any atom is 0.220 e. The molecule has 0 heterocycles. The Balaban J connectivity index is 0.00000361. The lowest BCUT2D eigenvalue weighted by Crippen LogP contribution is -2.28. The number of benzene rings is 1. The molecule has 0 radical (unpaired) electrons. The molecule has 0 aliphatic carbocycles. The van der Waals surface area contributed by atoms with Crippen LogP contribution in [0.15, 0.2) is 29.2 Å². The molecule has 3 N–H and O–H groups in total. The molecule has 1 aromatic carbocycles. The van der Waals surface area contributed by atoms with E-state index in [0.717, 1.165) is 17.7 Å². The molecule has 0 aliphatic rings. The third-order valence-corrected chi connectivity index (χ3v) is 3.79. The van der Waals surface area contributed by atoms with E-state index < -0.39 is 0 Å². The molecule has 0 saturated carbocycles. The Morgan fingerprint density at radius 2 is 1.90 bits per heavy atom. The van der Waals surface area contributed by atoms with E-state index in [9.17, 15) is 4.79 Å². The van der Waals surface area contributed by atoms with Crippen LogP contribution in [0.1, 0.15) is 45.2 Å². The van der Waals surface area contributed by atoms with Crippen LogP contribution < -0.4 is 11.1 Å². The van der Waals surface area contributed by atoms with Crippen molar-refractivity contribution in [3.8, 4) is 0 Å². The highest BCUT2D eigenvalue weighted by Gasteiger charge is 2.10. The smallest absolute Gasteiger partial charge is 0.220 e. The molecule has 1 amide bonds. The van der Waals surface area contributed by atoms with Crippen LogP contribution in [0.25, 0.3) is 0 Å². The molecule has 2 atom stereocenters. The maximum absolute atomic E-state index is 11.7. The summed E-state index contributed by atoms with van der Waals surface area (Å²) >= 11 is 1.82. The maximum atomic E-state index is 11.7. The van der Waals surface area contributed by atoms with Crippen molar-refractivity contribution in [3.05, 3.63) is 29.8 Å². The number of hydrogen-bond donors (Lipinski definition) is 2. The molecule has 5 heteroatoms. The van der Waals surface area contributed by atoms with Crippen LogP contribution in [-0.4, -0.2) is 17.7 Å². The largest absolute Gasteiger partial charge is 0.350 e. The van der Waals surface area contributed by atoms with E-state index in [4.69, 9.17) is 5.73 Å². The zero-order valence-corrected chi connectivity index (χ0v) is 14.0. The van der Waals surface area contributed by atoms with Crippen molar-refractivity contribution in [3.63, 3.8) is 0 Å². The molecule has 0 spiro atoms. The molecule has 0 aromatic heterocycles. The van der Waals surface area contributed by atoms with Gasteiger partial charge in [0.1, 0.15) is 0 Å². The Morgan fingerprint density at radius 3 is 2.40 bits per heavy atom. The number of carbonyl (C=O) groups excluding carboxylic acids is 1. The third kappa shape index (κ3) is 7.17. The van der Waals surface area contributed by atoms with E-state index >= 15 is 0 Å². The molecular formula is C15H25ClN2OS. The van der Waals surface area contributed by atoms with Crippen LogP contribution in [0.5, 0.6) is 0 Å². The van der Waals surface area contributed by atoms with Gasteiger partial charge in [-0.1, -0.05) is 19.1 Å². The Labute approximate surface area is 132 Å². The molecule has 1 rings (SSSR count). The summed E-state index contributed by atoms with van der Waals surface area (Å²) in [5.41, 5.74) is 6.78. The summed E-state index contributed by atoms with van der Waals surface area (Å²) in [7, 11) is 0. The van der Waals surface area contributed by atoms with E-state index in [2.05, 4.69) is 36.5 Å². The van der Waals surface area contributed by atoms with Crippen molar-refractivity contribution in [1.29, 1.82) is 0 Å². The Hall–Kier alpha value is -0.710. The highest BCUT2D eigenvalue weighted by molar-refractivity contribution is 7.99. The van der Waals surface area contributed by atoms with Crippen LogP contribution in [0.3, 0.4) is 0 Å². The summed E-state index contributed by atoms with van der Waals surface area (Å²) in [4.78, 5) is 13.0. The minimum absolute atomic E-state index is 0. The molecule has 3 nitrogen and oxygen atoms in total. The van der Waals surface area contributed by atoms with Gasteiger partial charge in [0.2, 0.25) is 5.91 Å². The fourth-order valence-corrected chi connectivity index (χ4v) is 2.44. The zero-order valence-electron chi connectivity index (χ0n) is 12.4. The van der Waals surface area contributed by atoms with Crippen molar-refractivity contribution in [1.82, 2.24) is 5.32 Å². The average Bonchev–Trinajstić information content (AvgIpc) is 2.37. The van der Waals surface area contributed by atoms with Gasteiger partial charge in [-0.2, -0.15) is 0 Å². The summed E-state index contributed by atoms with van der Waals surface area (Å²) in [5, 5.41) is 3.00. The Morgan fingerprint density at radius 1 is 1.30 bits per heavy atom. The van der Waals surface area contributed by atoms with Crippen LogP contribution >= 0.6 is 24.2 Å². The predicted molar refractivity (Wildman–Crippen MR) is 89.5 cm³/mol. The minimum atomic E-state index is 0. The van der Waals surface area contributed by atoms with Crippen LogP contribution in [0, 0.1) is 0 Å². The molecule has 0 fully saturated rings. The third-order valence-electron chi connectivity index (χ3n) is 2.90. The first-order valence-corrected chi connectivity index (χ1v) is 7.79. The van der Waals surface area contributed by atoms with Gasteiger partial charge in [-0.3, -0.25) is 4.79 Å². The number of rotatable bonds is 7.